The number of aromatic nitrogens is 1. The second-order valence-electron chi connectivity index (χ2n) is 5.59. The summed E-state index contributed by atoms with van der Waals surface area (Å²) >= 11 is 0. The largest absolute Gasteiger partial charge is 0.349 e. The van der Waals surface area contributed by atoms with E-state index in [9.17, 15) is 18.0 Å². The zero-order valence-corrected chi connectivity index (χ0v) is 14.6. The van der Waals surface area contributed by atoms with Gasteiger partial charge in [-0.05, 0) is 18.6 Å². The summed E-state index contributed by atoms with van der Waals surface area (Å²) in [5.74, 6) is -0.532. The highest BCUT2D eigenvalue weighted by molar-refractivity contribution is 7.92. The molecule has 25 heavy (non-hydrogen) atoms. The van der Waals surface area contributed by atoms with E-state index in [0.717, 1.165) is 12.3 Å². The molecule has 1 atom stereocenters. The maximum atomic E-state index is 12.4. The van der Waals surface area contributed by atoms with E-state index in [2.05, 4.69) is 15.0 Å². The molecule has 0 aliphatic rings. The Morgan fingerprint density at radius 3 is 2.72 bits per heavy atom. The summed E-state index contributed by atoms with van der Waals surface area (Å²) in [6.07, 6.45) is 1.72. The first-order chi connectivity index (χ1) is 11.7. The van der Waals surface area contributed by atoms with Crippen LogP contribution in [0.3, 0.4) is 0 Å². The van der Waals surface area contributed by atoms with Crippen molar-refractivity contribution in [3.05, 3.63) is 40.2 Å². The van der Waals surface area contributed by atoms with Crippen LogP contribution in [0, 0.1) is 11.3 Å². The van der Waals surface area contributed by atoms with Gasteiger partial charge in [0.25, 0.3) is 5.91 Å². The van der Waals surface area contributed by atoms with Crippen molar-refractivity contribution in [3.63, 3.8) is 0 Å². The number of hydrogen-bond acceptors (Lipinski definition) is 5. The van der Waals surface area contributed by atoms with Crippen LogP contribution in [0.2, 0.25) is 0 Å². The quantitative estimate of drug-likeness (QED) is 0.713. The number of nitrogens with one attached hydrogen (secondary N) is 3. The van der Waals surface area contributed by atoms with Gasteiger partial charge < -0.3 is 10.3 Å². The molecule has 1 amide bonds. The average Bonchev–Trinajstić information content (AvgIpc) is 2.53. The van der Waals surface area contributed by atoms with Crippen LogP contribution in [0.5, 0.6) is 0 Å². The predicted octanol–water partition coefficient (Wildman–Crippen LogP) is 1.32. The number of amides is 1. The average molecular weight is 362 g/mol. The van der Waals surface area contributed by atoms with Gasteiger partial charge in [-0.15, -0.1) is 0 Å². The zero-order valence-electron chi connectivity index (χ0n) is 13.8. The molecule has 9 heteroatoms. The fraction of sp³-hybridized carbons (Fsp3) is 0.312. The van der Waals surface area contributed by atoms with E-state index in [1.54, 1.807) is 6.07 Å². The van der Waals surface area contributed by atoms with Crippen molar-refractivity contribution in [1.82, 2.24) is 10.3 Å². The van der Waals surface area contributed by atoms with Crippen LogP contribution in [-0.2, 0) is 10.0 Å². The zero-order chi connectivity index (χ0) is 18.6. The van der Waals surface area contributed by atoms with Gasteiger partial charge in [0.05, 0.1) is 29.9 Å². The summed E-state index contributed by atoms with van der Waals surface area (Å²) in [6.45, 7) is 1.83. The van der Waals surface area contributed by atoms with E-state index in [1.807, 2.05) is 13.0 Å². The first-order valence-electron chi connectivity index (χ1n) is 7.56. The number of hydrogen-bond donors (Lipinski definition) is 3. The SMILES string of the molecule is CC[C@@H](CC#N)NC(=O)c1cc(=O)c2cccc(NS(C)(=O)=O)c2[nH]1. The number of H-pyrrole nitrogens is 1. The smallest absolute Gasteiger partial charge is 0.268 e. The number of nitriles is 1. The summed E-state index contributed by atoms with van der Waals surface area (Å²) in [5.41, 5.74) is -0.0178. The number of carbonyl (C=O) groups excluding carboxylic acids is 1. The van der Waals surface area contributed by atoms with Crippen molar-refractivity contribution < 1.29 is 13.2 Å². The molecule has 1 aromatic carbocycles. The first kappa shape index (κ1) is 18.5. The van der Waals surface area contributed by atoms with Crippen LogP contribution in [0.15, 0.2) is 29.1 Å². The number of sulfonamides is 1. The van der Waals surface area contributed by atoms with Gasteiger partial charge in [0, 0.05) is 17.5 Å². The van der Waals surface area contributed by atoms with Crippen molar-refractivity contribution in [1.29, 1.82) is 5.26 Å². The Labute approximate surface area is 144 Å². The van der Waals surface area contributed by atoms with Gasteiger partial charge >= 0.3 is 0 Å². The Morgan fingerprint density at radius 2 is 2.12 bits per heavy atom. The lowest BCUT2D eigenvalue weighted by atomic mass is 10.1. The van der Waals surface area contributed by atoms with Crippen molar-refractivity contribution in [2.45, 2.75) is 25.8 Å². The molecule has 132 valence electrons. The standard InChI is InChI=1S/C16H18N4O4S/c1-3-10(7-8-17)18-16(22)13-9-14(21)11-5-4-6-12(15(11)19-13)20-25(2,23)24/h4-6,9-10,20H,3,7H2,1-2H3,(H,18,22)(H,19,21)/t10-/m0/s1. The summed E-state index contributed by atoms with van der Waals surface area (Å²) in [7, 11) is -3.55. The van der Waals surface area contributed by atoms with E-state index < -0.39 is 21.4 Å². The second-order valence-corrected chi connectivity index (χ2v) is 7.34. The molecular formula is C16H18N4O4S. The summed E-state index contributed by atoms with van der Waals surface area (Å²) in [5, 5.41) is 11.7. The van der Waals surface area contributed by atoms with Crippen molar-refractivity contribution in [2.24, 2.45) is 0 Å². The van der Waals surface area contributed by atoms with Crippen LogP contribution in [0.1, 0.15) is 30.3 Å². The highest BCUT2D eigenvalue weighted by Gasteiger charge is 2.16. The number of rotatable bonds is 6. The van der Waals surface area contributed by atoms with Gasteiger partial charge in [-0.3, -0.25) is 14.3 Å². The Bertz CT molecular complexity index is 1000. The molecule has 0 aliphatic heterocycles. The molecule has 0 fully saturated rings. The van der Waals surface area contributed by atoms with Crippen molar-refractivity contribution >= 4 is 32.5 Å². The summed E-state index contributed by atoms with van der Waals surface area (Å²) in [6, 6.07) is 7.38. The highest BCUT2D eigenvalue weighted by atomic mass is 32.2. The molecule has 2 rings (SSSR count). The minimum Gasteiger partial charge on any atom is -0.349 e. The van der Waals surface area contributed by atoms with Gasteiger partial charge in [0.2, 0.25) is 10.0 Å². The Hall–Kier alpha value is -2.86. The second kappa shape index (κ2) is 7.36. The highest BCUT2D eigenvalue weighted by Crippen LogP contribution is 2.20. The molecule has 1 heterocycles. The molecule has 2 aromatic rings. The fourth-order valence-corrected chi connectivity index (χ4v) is 2.92. The van der Waals surface area contributed by atoms with Crippen LogP contribution in [-0.4, -0.2) is 31.6 Å². The number of pyridine rings is 1. The molecule has 0 unspecified atom stereocenters. The molecule has 3 N–H and O–H groups in total. The lowest BCUT2D eigenvalue weighted by molar-refractivity contribution is 0.0932. The van der Waals surface area contributed by atoms with Crippen LogP contribution in [0.4, 0.5) is 5.69 Å². The molecule has 0 aliphatic carbocycles. The van der Waals surface area contributed by atoms with E-state index in [4.69, 9.17) is 5.26 Å². The van der Waals surface area contributed by atoms with E-state index >= 15 is 0 Å². The topological polar surface area (TPSA) is 132 Å². The molecule has 0 spiro atoms. The Balaban J connectivity index is 2.49. The van der Waals surface area contributed by atoms with E-state index in [0.29, 0.717) is 6.42 Å². The number of aromatic amines is 1. The summed E-state index contributed by atoms with van der Waals surface area (Å²) < 4.78 is 25.3. The lowest BCUT2D eigenvalue weighted by Crippen LogP contribution is -2.35. The van der Waals surface area contributed by atoms with E-state index in [-0.39, 0.29) is 34.7 Å². The number of anilines is 1. The fourth-order valence-electron chi connectivity index (χ4n) is 2.35. The predicted molar refractivity (Wildman–Crippen MR) is 94.8 cm³/mol. The minimum atomic E-state index is -3.55. The third kappa shape index (κ3) is 4.58. The molecule has 1 aromatic heterocycles. The number of para-hydroxylation sites is 1. The maximum absolute atomic E-state index is 12.4. The monoisotopic (exact) mass is 362 g/mol. The van der Waals surface area contributed by atoms with Crippen LogP contribution >= 0.6 is 0 Å². The van der Waals surface area contributed by atoms with Gasteiger partial charge in [-0.25, -0.2) is 8.42 Å². The third-order valence-electron chi connectivity index (χ3n) is 3.57. The summed E-state index contributed by atoms with van der Waals surface area (Å²) in [4.78, 5) is 27.4. The van der Waals surface area contributed by atoms with Crippen LogP contribution < -0.4 is 15.5 Å². The number of nitrogens with zero attached hydrogens (tertiary/aromatic N) is 1. The van der Waals surface area contributed by atoms with Gasteiger partial charge in [-0.2, -0.15) is 5.26 Å². The molecule has 0 saturated carbocycles. The van der Waals surface area contributed by atoms with Crippen molar-refractivity contribution in [2.75, 3.05) is 11.0 Å². The molecule has 0 bridgehead atoms. The number of benzene rings is 1. The Kier molecular flexibility index (Phi) is 5.44. The van der Waals surface area contributed by atoms with Gasteiger partial charge in [0.15, 0.2) is 5.43 Å². The maximum Gasteiger partial charge on any atom is 0.268 e. The minimum absolute atomic E-state index is 0.00311. The third-order valence-corrected chi connectivity index (χ3v) is 4.16. The Morgan fingerprint density at radius 1 is 1.40 bits per heavy atom. The molecule has 8 nitrogen and oxygen atoms in total. The first-order valence-corrected chi connectivity index (χ1v) is 9.46. The van der Waals surface area contributed by atoms with E-state index in [1.165, 1.54) is 12.1 Å². The lowest BCUT2D eigenvalue weighted by Gasteiger charge is -2.14. The molecular weight excluding hydrogens is 344 g/mol. The van der Waals surface area contributed by atoms with Gasteiger partial charge in [0.1, 0.15) is 5.69 Å². The molecule has 0 saturated heterocycles. The number of fused-ring (bicyclic) bond motifs is 1. The molecule has 0 radical (unpaired) electrons. The number of carbonyl (C=O) groups is 1. The van der Waals surface area contributed by atoms with Crippen molar-refractivity contribution in [3.8, 4) is 6.07 Å². The normalized spacial score (nSPS) is 12.4. The van der Waals surface area contributed by atoms with Crippen LogP contribution in [0.25, 0.3) is 10.9 Å². The van der Waals surface area contributed by atoms with Gasteiger partial charge in [-0.1, -0.05) is 13.0 Å².